The summed E-state index contributed by atoms with van der Waals surface area (Å²) in [6.07, 6.45) is 15.0. The summed E-state index contributed by atoms with van der Waals surface area (Å²) >= 11 is 5.99. The van der Waals surface area contributed by atoms with E-state index < -0.39 is 41.4 Å². The molecule has 0 bridgehead atoms. The lowest BCUT2D eigenvalue weighted by Gasteiger charge is -2.29. The zero-order valence-electron chi connectivity index (χ0n) is 28.7. The lowest BCUT2D eigenvalue weighted by atomic mass is 9.86. The number of hydrogen-bond acceptors (Lipinski definition) is 7. The summed E-state index contributed by atoms with van der Waals surface area (Å²) in [6, 6.07) is 8.12. The second-order valence-corrected chi connectivity index (χ2v) is 13.0. The molecule has 4 atom stereocenters. The van der Waals surface area contributed by atoms with Crippen molar-refractivity contribution in [1.29, 1.82) is 0 Å². The van der Waals surface area contributed by atoms with Crippen LogP contribution in [0.25, 0.3) is 0 Å². The number of hydrogen-bond donors (Lipinski definition) is 3. The Labute approximate surface area is 289 Å². The molecule has 0 saturated heterocycles. The Kier molecular flexibility index (Phi) is 16.5. The molecule has 0 saturated carbocycles. The minimum absolute atomic E-state index is 0.0233. The zero-order chi connectivity index (χ0) is 35.7. The van der Waals surface area contributed by atoms with Crippen LogP contribution in [0.3, 0.4) is 0 Å². The number of ether oxygens (including phenoxy) is 3. The van der Waals surface area contributed by atoms with Gasteiger partial charge in [0.15, 0.2) is 5.76 Å². The average Bonchev–Trinajstić information content (AvgIpc) is 3.02. The lowest BCUT2D eigenvalue weighted by Crippen LogP contribution is -2.52. The smallest absolute Gasteiger partial charge is 0.411 e. The summed E-state index contributed by atoms with van der Waals surface area (Å²) in [5, 5.41) is 8.76. The van der Waals surface area contributed by atoms with Gasteiger partial charge in [0.05, 0.1) is 7.11 Å². The van der Waals surface area contributed by atoms with Crippen LogP contribution in [0.2, 0.25) is 0 Å². The van der Waals surface area contributed by atoms with E-state index in [2.05, 4.69) is 16.0 Å². The molecule has 1 aliphatic heterocycles. The van der Waals surface area contributed by atoms with Gasteiger partial charge < -0.3 is 24.8 Å². The van der Waals surface area contributed by atoms with Crippen molar-refractivity contribution < 1.29 is 33.4 Å². The molecule has 0 aromatic heterocycles. The van der Waals surface area contributed by atoms with Gasteiger partial charge in [-0.25, -0.2) is 9.59 Å². The molecule has 3 amide bonds. The SMILES string of the molecule is COC1=CC[C@@H]([C@@H](C)/C=C(C)/C=C\C=C/C(=O)N[C@H](C(=O)N/C=C\C[C@H](C/C=C(\C)Cl)OC(=O)Nc2ccccc2)C(C)(C)C)OC1=O. The number of esters is 1. The Morgan fingerprint density at radius 3 is 2.40 bits per heavy atom. The topological polar surface area (TPSA) is 132 Å². The molecular weight excluding hydrogens is 634 g/mol. The van der Waals surface area contributed by atoms with E-state index in [4.69, 9.17) is 25.8 Å². The summed E-state index contributed by atoms with van der Waals surface area (Å²) in [6.45, 7) is 11.2. The molecule has 3 N–H and O–H groups in total. The number of nitrogens with one attached hydrogen (secondary N) is 3. The number of anilines is 1. The minimum atomic E-state index is -0.831. The van der Waals surface area contributed by atoms with Gasteiger partial charge in [-0.05, 0) is 43.7 Å². The molecule has 1 aromatic carbocycles. The van der Waals surface area contributed by atoms with Gasteiger partial charge in [-0.1, -0.05) is 99.5 Å². The van der Waals surface area contributed by atoms with Gasteiger partial charge in [-0.3, -0.25) is 14.9 Å². The van der Waals surface area contributed by atoms with Gasteiger partial charge in [0.25, 0.3) is 0 Å². The molecule has 48 heavy (non-hydrogen) atoms. The monoisotopic (exact) mass is 681 g/mol. The third-order valence-electron chi connectivity index (χ3n) is 7.16. The number of para-hydroxylation sites is 1. The molecule has 260 valence electrons. The fraction of sp³-hybridized carbons (Fsp3) is 0.405. The Balaban J connectivity index is 1.92. The standard InChI is InChI=1S/C37H48ClN3O7/c1-25(24-26(2)30-21-22-31(46-7)35(44)48-30)14-11-12-18-32(42)41-33(37(4,5)6)34(43)39-23-13-17-29(20-19-27(3)38)47-36(45)40-28-15-9-8-10-16-28/h8-16,18-19,22-24,26,29-30,33H,17,20-21H2,1-7H3,(H,39,43)(H,40,45)(H,41,42)/b14-11-,18-12-,23-13-,25-24+,27-19+/t26-,29+,30-,33+/m0/s1. The average molecular weight is 682 g/mol. The number of rotatable bonds is 15. The van der Waals surface area contributed by atoms with Crippen LogP contribution in [0.1, 0.15) is 60.8 Å². The molecule has 0 unspecified atom stereocenters. The molecule has 1 aromatic rings. The second kappa shape index (κ2) is 19.9. The fourth-order valence-corrected chi connectivity index (χ4v) is 4.67. The van der Waals surface area contributed by atoms with Crippen molar-refractivity contribution >= 4 is 41.2 Å². The summed E-state index contributed by atoms with van der Waals surface area (Å²) in [7, 11) is 1.44. The van der Waals surface area contributed by atoms with Gasteiger partial charge in [0.2, 0.25) is 11.8 Å². The number of benzene rings is 1. The van der Waals surface area contributed by atoms with Crippen LogP contribution in [-0.4, -0.2) is 49.2 Å². The zero-order valence-corrected chi connectivity index (χ0v) is 29.5. The van der Waals surface area contributed by atoms with Gasteiger partial charge in [-0.15, -0.1) is 0 Å². The van der Waals surface area contributed by atoms with Crippen LogP contribution in [0, 0.1) is 11.3 Å². The number of carbonyl (C=O) groups is 4. The number of allylic oxidation sites excluding steroid dienone is 5. The molecule has 0 aliphatic carbocycles. The highest BCUT2D eigenvalue weighted by molar-refractivity contribution is 6.29. The highest BCUT2D eigenvalue weighted by atomic mass is 35.5. The third-order valence-corrected chi connectivity index (χ3v) is 7.31. The predicted molar refractivity (Wildman–Crippen MR) is 189 cm³/mol. The Bertz CT molecular complexity index is 1430. The van der Waals surface area contributed by atoms with E-state index in [0.29, 0.717) is 30.0 Å². The molecule has 10 nitrogen and oxygen atoms in total. The highest BCUT2D eigenvalue weighted by Crippen LogP contribution is 2.23. The van der Waals surface area contributed by atoms with Crippen LogP contribution < -0.4 is 16.0 Å². The number of cyclic esters (lactones) is 1. The fourth-order valence-electron chi connectivity index (χ4n) is 4.58. The van der Waals surface area contributed by atoms with E-state index in [1.165, 1.54) is 19.4 Å². The molecule has 1 heterocycles. The largest absolute Gasteiger partial charge is 0.490 e. The summed E-state index contributed by atoms with van der Waals surface area (Å²) in [4.78, 5) is 50.2. The number of amides is 3. The van der Waals surface area contributed by atoms with Crippen molar-refractivity contribution in [2.24, 2.45) is 11.3 Å². The van der Waals surface area contributed by atoms with Crippen molar-refractivity contribution in [3.05, 3.63) is 102 Å². The Hall–Kier alpha value is -4.57. The van der Waals surface area contributed by atoms with E-state index >= 15 is 0 Å². The summed E-state index contributed by atoms with van der Waals surface area (Å²) in [5.41, 5.74) is 0.955. The molecule has 0 spiro atoms. The maximum Gasteiger partial charge on any atom is 0.411 e. The van der Waals surface area contributed by atoms with E-state index in [9.17, 15) is 19.2 Å². The third kappa shape index (κ3) is 14.9. The quantitative estimate of drug-likeness (QED) is 0.101. The van der Waals surface area contributed by atoms with Gasteiger partial charge in [0, 0.05) is 42.0 Å². The summed E-state index contributed by atoms with van der Waals surface area (Å²) < 4.78 is 16.0. The molecular formula is C37H48ClN3O7. The van der Waals surface area contributed by atoms with Crippen LogP contribution in [0.5, 0.6) is 0 Å². The molecule has 0 fully saturated rings. The highest BCUT2D eigenvalue weighted by Gasteiger charge is 2.32. The maximum absolute atomic E-state index is 13.1. The van der Waals surface area contributed by atoms with E-state index in [0.717, 1.165) is 5.57 Å². The van der Waals surface area contributed by atoms with Gasteiger partial charge >= 0.3 is 12.1 Å². The number of carbonyl (C=O) groups excluding carboxylic acids is 4. The first-order valence-electron chi connectivity index (χ1n) is 15.8. The number of halogens is 1. The first-order valence-corrected chi connectivity index (χ1v) is 16.2. The Morgan fingerprint density at radius 2 is 1.77 bits per heavy atom. The van der Waals surface area contributed by atoms with E-state index in [1.54, 1.807) is 61.6 Å². The summed E-state index contributed by atoms with van der Waals surface area (Å²) in [5.74, 6) is -1.09. The van der Waals surface area contributed by atoms with Crippen LogP contribution in [-0.2, 0) is 28.6 Å². The molecule has 0 radical (unpaired) electrons. The van der Waals surface area contributed by atoms with Crippen LogP contribution >= 0.6 is 11.6 Å². The maximum atomic E-state index is 13.1. The Morgan fingerprint density at radius 1 is 1.08 bits per heavy atom. The van der Waals surface area contributed by atoms with Crippen LogP contribution in [0.4, 0.5) is 10.5 Å². The number of methoxy groups -OCH3 is 1. The first kappa shape index (κ1) is 39.6. The van der Waals surface area contributed by atoms with Crippen molar-refractivity contribution in [3.63, 3.8) is 0 Å². The van der Waals surface area contributed by atoms with Crippen molar-refractivity contribution in [3.8, 4) is 0 Å². The lowest BCUT2D eigenvalue weighted by molar-refractivity contribution is -0.151. The van der Waals surface area contributed by atoms with E-state index in [1.807, 2.05) is 52.8 Å². The van der Waals surface area contributed by atoms with Crippen molar-refractivity contribution in [1.82, 2.24) is 10.6 Å². The predicted octanol–water partition coefficient (Wildman–Crippen LogP) is 7.23. The van der Waals surface area contributed by atoms with Crippen LogP contribution in [0.15, 0.2) is 102 Å². The van der Waals surface area contributed by atoms with Gasteiger partial charge in [0.1, 0.15) is 18.2 Å². The molecule has 2 rings (SSSR count). The van der Waals surface area contributed by atoms with Crippen molar-refractivity contribution in [2.45, 2.75) is 79.1 Å². The first-order chi connectivity index (χ1) is 22.7. The van der Waals surface area contributed by atoms with Crippen molar-refractivity contribution in [2.75, 3.05) is 12.4 Å². The molecule has 11 heteroatoms. The second-order valence-electron chi connectivity index (χ2n) is 12.4. The molecule has 1 aliphatic rings. The van der Waals surface area contributed by atoms with E-state index in [-0.39, 0.29) is 17.8 Å². The minimum Gasteiger partial charge on any atom is -0.490 e. The van der Waals surface area contributed by atoms with Gasteiger partial charge in [-0.2, -0.15) is 0 Å². The normalized spacial score (nSPS) is 17.8.